The van der Waals surface area contributed by atoms with Gasteiger partial charge in [0.2, 0.25) is 0 Å². The molecule has 2 unspecified atom stereocenters. The van der Waals surface area contributed by atoms with Crippen LogP contribution in [0.5, 0.6) is 0 Å². The average Bonchev–Trinajstić information content (AvgIpc) is 2.96. The second-order valence-electron chi connectivity index (χ2n) is 9.00. The largest absolute Gasteiger partial charge is 0.392 e. The normalized spacial score (nSPS) is 46.5. The lowest BCUT2D eigenvalue weighted by molar-refractivity contribution is -0.00253. The molecule has 3 aliphatic carbocycles. The molecule has 0 aromatic heterocycles. The SMILES string of the molecule is COCC1(O)CC[C@@H]2/C1=C\[C@]1(C)C(=C(C(C)C)C[C@@H]1O)CC(O)[C@@H]2C. The van der Waals surface area contributed by atoms with Crippen molar-refractivity contribution < 1.29 is 20.1 Å². The van der Waals surface area contributed by atoms with Crippen LogP contribution in [0.1, 0.15) is 53.4 Å². The molecule has 1 fully saturated rings. The first kappa shape index (κ1) is 19.1. The smallest absolute Gasteiger partial charge is 0.109 e. The summed E-state index contributed by atoms with van der Waals surface area (Å²) in [5, 5.41) is 33.1. The van der Waals surface area contributed by atoms with Crippen molar-refractivity contribution in [3.63, 3.8) is 0 Å². The van der Waals surface area contributed by atoms with E-state index in [1.807, 2.05) is 0 Å². The summed E-state index contributed by atoms with van der Waals surface area (Å²) >= 11 is 0. The first-order valence-corrected chi connectivity index (χ1v) is 9.67. The number of rotatable bonds is 3. The molecule has 142 valence electrons. The molecule has 4 heteroatoms. The van der Waals surface area contributed by atoms with Gasteiger partial charge >= 0.3 is 0 Å². The van der Waals surface area contributed by atoms with Gasteiger partial charge in [0.15, 0.2) is 0 Å². The Hall–Kier alpha value is -0.680. The van der Waals surface area contributed by atoms with Crippen molar-refractivity contribution in [3.8, 4) is 0 Å². The minimum absolute atomic E-state index is 0.0836. The van der Waals surface area contributed by atoms with Crippen LogP contribution in [0.3, 0.4) is 0 Å². The molecule has 3 N–H and O–H groups in total. The van der Waals surface area contributed by atoms with Gasteiger partial charge in [-0.25, -0.2) is 0 Å². The zero-order chi connectivity index (χ0) is 18.6. The van der Waals surface area contributed by atoms with E-state index in [2.05, 4.69) is 33.8 Å². The molecule has 0 amide bonds. The molecule has 0 radical (unpaired) electrons. The van der Waals surface area contributed by atoms with Gasteiger partial charge in [-0.2, -0.15) is 0 Å². The molecule has 0 aliphatic heterocycles. The summed E-state index contributed by atoms with van der Waals surface area (Å²) in [6.07, 6.45) is 3.96. The summed E-state index contributed by atoms with van der Waals surface area (Å²) in [4.78, 5) is 0. The molecule has 6 atom stereocenters. The lowest BCUT2D eigenvalue weighted by atomic mass is 9.68. The Morgan fingerprint density at radius 1 is 1.28 bits per heavy atom. The van der Waals surface area contributed by atoms with E-state index in [-0.39, 0.29) is 18.4 Å². The maximum atomic E-state index is 11.2. The standard InChI is InChI=1S/C21H34O4/c1-12(2)15-8-19(23)20(4)10-17-14(6-7-21(17,24)11-25-5)13(3)18(22)9-16(15)20/h10,12-14,18-19,22-24H,6-9,11H2,1-5H3/b17-10+/t13-,14+,18?,19+,20-,21?/m1/s1. The molecular formula is C21H34O4. The van der Waals surface area contributed by atoms with Crippen LogP contribution in [0.2, 0.25) is 0 Å². The van der Waals surface area contributed by atoms with Crippen LogP contribution in [0.25, 0.3) is 0 Å². The highest BCUT2D eigenvalue weighted by Gasteiger charge is 2.52. The fourth-order valence-corrected chi connectivity index (χ4v) is 5.42. The Morgan fingerprint density at radius 2 is 1.96 bits per heavy atom. The van der Waals surface area contributed by atoms with Gasteiger partial charge < -0.3 is 20.1 Å². The minimum Gasteiger partial charge on any atom is -0.392 e. The summed E-state index contributed by atoms with van der Waals surface area (Å²) < 4.78 is 5.31. The van der Waals surface area contributed by atoms with Crippen LogP contribution in [0.15, 0.2) is 22.8 Å². The van der Waals surface area contributed by atoms with E-state index >= 15 is 0 Å². The zero-order valence-electron chi connectivity index (χ0n) is 16.2. The van der Waals surface area contributed by atoms with Gasteiger partial charge in [-0.1, -0.05) is 38.0 Å². The zero-order valence-corrected chi connectivity index (χ0v) is 16.2. The van der Waals surface area contributed by atoms with E-state index in [1.54, 1.807) is 7.11 Å². The van der Waals surface area contributed by atoms with E-state index in [0.29, 0.717) is 25.2 Å². The third-order valence-corrected chi connectivity index (χ3v) is 7.14. The summed E-state index contributed by atoms with van der Waals surface area (Å²) in [6, 6.07) is 0. The maximum absolute atomic E-state index is 11.2. The van der Waals surface area contributed by atoms with Crippen molar-refractivity contribution in [2.75, 3.05) is 13.7 Å². The topological polar surface area (TPSA) is 69.9 Å². The van der Waals surface area contributed by atoms with Gasteiger partial charge in [0.25, 0.3) is 0 Å². The first-order chi connectivity index (χ1) is 11.6. The Bertz CT molecular complexity index is 593. The molecule has 3 aliphatic rings. The van der Waals surface area contributed by atoms with Crippen molar-refractivity contribution in [1.29, 1.82) is 0 Å². The lowest BCUT2D eigenvalue weighted by Gasteiger charge is -2.39. The van der Waals surface area contributed by atoms with Crippen LogP contribution >= 0.6 is 0 Å². The molecule has 1 saturated carbocycles. The number of hydrogen-bond acceptors (Lipinski definition) is 4. The molecule has 0 spiro atoms. The first-order valence-electron chi connectivity index (χ1n) is 9.67. The van der Waals surface area contributed by atoms with Gasteiger partial charge in [-0.05, 0) is 55.9 Å². The van der Waals surface area contributed by atoms with Crippen LogP contribution in [-0.2, 0) is 4.74 Å². The highest BCUT2D eigenvalue weighted by Crippen LogP contribution is 2.55. The van der Waals surface area contributed by atoms with Gasteiger partial charge in [0, 0.05) is 12.5 Å². The van der Waals surface area contributed by atoms with Gasteiger partial charge in [0.05, 0.1) is 18.8 Å². The summed E-state index contributed by atoms with van der Waals surface area (Å²) in [5.74, 6) is 0.577. The number of aliphatic hydroxyl groups excluding tert-OH is 2. The molecule has 0 aromatic carbocycles. The molecule has 0 heterocycles. The fraction of sp³-hybridized carbons (Fsp3) is 0.810. The Labute approximate surface area is 151 Å². The predicted octanol–water partition coefficient (Wildman–Crippen LogP) is 2.82. The summed E-state index contributed by atoms with van der Waals surface area (Å²) in [5.41, 5.74) is 1.90. The van der Waals surface area contributed by atoms with Crippen LogP contribution in [-0.4, -0.2) is 46.8 Å². The predicted molar refractivity (Wildman–Crippen MR) is 98.0 cm³/mol. The molecule has 3 rings (SSSR count). The highest BCUT2D eigenvalue weighted by molar-refractivity contribution is 5.42. The van der Waals surface area contributed by atoms with Gasteiger partial charge in [0.1, 0.15) is 5.60 Å². The minimum atomic E-state index is -0.987. The number of ether oxygens (including phenoxy) is 1. The number of methoxy groups -OCH3 is 1. The number of hydrogen-bond donors (Lipinski definition) is 3. The van der Waals surface area contributed by atoms with E-state index in [1.165, 1.54) is 11.1 Å². The Kier molecular flexibility index (Phi) is 4.95. The van der Waals surface area contributed by atoms with E-state index in [0.717, 1.165) is 12.0 Å². The van der Waals surface area contributed by atoms with Crippen molar-refractivity contribution in [1.82, 2.24) is 0 Å². The monoisotopic (exact) mass is 350 g/mol. The number of aliphatic hydroxyl groups is 3. The average molecular weight is 350 g/mol. The molecule has 0 bridgehead atoms. The van der Waals surface area contributed by atoms with E-state index in [9.17, 15) is 15.3 Å². The summed E-state index contributed by atoms with van der Waals surface area (Å²) in [7, 11) is 1.61. The third-order valence-electron chi connectivity index (χ3n) is 7.14. The Morgan fingerprint density at radius 3 is 2.56 bits per heavy atom. The Balaban J connectivity index is 2.17. The van der Waals surface area contributed by atoms with E-state index in [4.69, 9.17) is 4.74 Å². The molecular weight excluding hydrogens is 316 g/mol. The van der Waals surface area contributed by atoms with Gasteiger partial charge in [-0.15, -0.1) is 0 Å². The lowest BCUT2D eigenvalue weighted by Crippen LogP contribution is -2.40. The van der Waals surface area contributed by atoms with Crippen LogP contribution in [0.4, 0.5) is 0 Å². The second kappa shape index (κ2) is 6.49. The third kappa shape index (κ3) is 2.91. The van der Waals surface area contributed by atoms with Crippen molar-refractivity contribution in [2.24, 2.45) is 23.2 Å². The molecule has 0 aromatic rings. The van der Waals surface area contributed by atoms with Gasteiger partial charge in [-0.3, -0.25) is 0 Å². The molecule has 0 saturated heterocycles. The van der Waals surface area contributed by atoms with Crippen LogP contribution in [0, 0.1) is 23.2 Å². The van der Waals surface area contributed by atoms with Crippen molar-refractivity contribution in [2.45, 2.75) is 71.2 Å². The number of fused-ring (bicyclic) bond motifs is 2. The molecule has 25 heavy (non-hydrogen) atoms. The van der Waals surface area contributed by atoms with Crippen molar-refractivity contribution in [3.05, 3.63) is 22.8 Å². The van der Waals surface area contributed by atoms with E-state index < -0.39 is 23.2 Å². The summed E-state index contributed by atoms with van der Waals surface area (Å²) in [6.45, 7) is 8.73. The highest BCUT2D eigenvalue weighted by atomic mass is 16.5. The van der Waals surface area contributed by atoms with Crippen LogP contribution < -0.4 is 0 Å². The molecule has 4 nitrogen and oxygen atoms in total. The maximum Gasteiger partial charge on any atom is 0.109 e. The quantitative estimate of drug-likeness (QED) is 0.685. The second-order valence-corrected chi connectivity index (χ2v) is 9.00. The van der Waals surface area contributed by atoms with Crippen molar-refractivity contribution >= 4 is 0 Å². The fourth-order valence-electron chi connectivity index (χ4n) is 5.42.